The van der Waals surface area contributed by atoms with Gasteiger partial charge >= 0.3 is 11.9 Å². The summed E-state index contributed by atoms with van der Waals surface area (Å²) in [6.07, 6.45) is 1.32. The number of carboxylic acids is 1. The lowest BCUT2D eigenvalue weighted by Gasteiger charge is -2.15. The van der Waals surface area contributed by atoms with Crippen LogP contribution in [0.3, 0.4) is 0 Å². The number of nitro groups is 1. The van der Waals surface area contributed by atoms with Crippen LogP contribution in [0.1, 0.15) is 57.6 Å². The molecule has 1 rings (SSSR count). The summed E-state index contributed by atoms with van der Waals surface area (Å²) < 4.78 is 10.7. The van der Waals surface area contributed by atoms with E-state index in [0.29, 0.717) is 18.6 Å². The van der Waals surface area contributed by atoms with E-state index >= 15 is 0 Å². The third-order valence-corrected chi connectivity index (χ3v) is 3.48. The second kappa shape index (κ2) is 10.3. The van der Waals surface area contributed by atoms with Crippen LogP contribution in [0.2, 0.25) is 0 Å². The number of unbranched alkanes of at least 4 members (excludes halogenated alkanes) is 1. The Morgan fingerprint density at radius 1 is 1.28 bits per heavy atom. The van der Waals surface area contributed by atoms with Gasteiger partial charge in [-0.15, -0.1) is 0 Å². The summed E-state index contributed by atoms with van der Waals surface area (Å²) in [7, 11) is 0. The number of ether oxygens (including phenoxy) is 2. The number of nitrogens with zero attached hydrogens (tertiary/aromatic N) is 1. The molecule has 1 unspecified atom stereocenters. The molecule has 0 aliphatic heterocycles. The average molecular weight is 353 g/mol. The van der Waals surface area contributed by atoms with E-state index in [0.717, 1.165) is 6.42 Å². The minimum atomic E-state index is -0.916. The molecule has 0 aliphatic carbocycles. The number of carbonyl (C=O) groups excluding carboxylic acids is 1. The SMILES string of the molecule is CCCCC(=O)OC(C)c1cc(OCCCC(=O)O)ccc1[N+](=O)[O-]. The first kappa shape index (κ1) is 20.4. The maximum absolute atomic E-state index is 11.7. The Hall–Kier alpha value is -2.64. The Balaban J connectivity index is 2.82. The fourth-order valence-electron chi connectivity index (χ4n) is 2.17. The number of carboxylic acid groups (broad SMARTS) is 1. The molecule has 8 heteroatoms. The van der Waals surface area contributed by atoms with Gasteiger partial charge in [0.15, 0.2) is 0 Å². The fraction of sp³-hybridized carbons (Fsp3) is 0.529. The van der Waals surface area contributed by atoms with Gasteiger partial charge in [0, 0.05) is 18.9 Å². The molecular formula is C17H23NO7. The fourth-order valence-corrected chi connectivity index (χ4v) is 2.17. The van der Waals surface area contributed by atoms with Crippen molar-refractivity contribution < 1.29 is 29.1 Å². The number of rotatable bonds is 11. The van der Waals surface area contributed by atoms with Gasteiger partial charge in [-0.25, -0.2) is 0 Å². The number of aliphatic carboxylic acids is 1. The number of benzene rings is 1. The molecule has 138 valence electrons. The van der Waals surface area contributed by atoms with Crippen LogP contribution in [0.5, 0.6) is 5.75 Å². The van der Waals surface area contributed by atoms with Crippen LogP contribution >= 0.6 is 0 Å². The number of nitro benzene ring substituents is 1. The van der Waals surface area contributed by atoms with Gasteiger partial charge in [-0.1, -0.05) is 13.3 Å². The van der Waals surface area contributed by atoms with Crippen molar-refractivity contribution in [3.8, 4) is 5.75 Å². The van der Waals surface area contributed by atoms with Crippen LogP contribution in [-0.4, -0.2) is 28.6 Å². The van der Waals surface area contributed by atoms with Crippen molar-refractivity contribution in [2.24, 2.45) is 0 Å². The van der Waals surface area contributed by atoms with Crippen molar-refractivity contribution in [2.45, 2.75) is 52.1 Å². The molecule has 1 N–H and O–H groups in total. The molecule has 1 aromatic rings. The van der Waals surface area contributed by atoms with Gasteiger partial charge in [0.2, 0.25) is 0 Å². The number of carbonyl (C=O) groups is 2. The summed E-state index contributed by atoms with van der Waals surface area (Å²) >= 11 is 0. The van der Waals surface area contributed by atoms with Gasteiger partial charge in [-0.3, -0.25) is 19.7 Å². The van der Waals surface area contributed by atoms with Crippen molar-refractivity contribution in [1.82, 2.24) is 0 Å². The summed E-state index contributed by atoms with van der Waals surface area (Å²) in [4.78, 5) is 32.9. The van der Waals surface area contributed by atoms with E-state index in [1.807, 2.05) is 6.92 Å². The predicted molar refractivity (Wildman–Crippen MR) is 89.5 cm³/mol. The third-order valence-electron chi connectivity index (χ3n) is 3.48. The van der Waals surface area contributed by atoms with Crippen molar-refractivity contribution in [2.75, 3.05) is 6.61 Å². The minimum Gasteiger partial charge on any atom is -0.494 e. The summed E-state index contributed by atoms with van der Waals surface area (Å²) in [5.41, 5.74) is 0.0826. The minimum absolute atomic E-state index is 0.0225. The Labute approximate surface area is 145 Å². The highest BCUT2D eigenvalue weighted by molar-refractivity contribution is 5.70. The standard InChI is InChI=1S/C17H23NO7/c1-3-4-7-17(21)25-12(2)14-11-13(8-9-15(14)18(22)23)24-10-5-6-16(19)20/h8-9,11-12H,3-7,10H2,1-2H3,(H,19,20). The van der Waals surface area contributed by atoms with E-state index in [1.165, 1.54) is 18.2 Å². The topological polar surface area (TPSA) is 116 Å². The second-order valence-electron chi connectivity index (χ2n) is 5.56. The molecule has 0 radical (unpaired) electrons. The lowest BCUT2D eigenvalue weighted by Crippen LogP contribution is -2.10. The van der Waals surface area contributed by atoms with E-state index in [-0.39, 0.29) is 30.7 Å². The van der Waals surface area contributed by atoms with Crippen LogP contribution in [-0.2, 0) is 14.3 Å². The summed E-state index contributed by atoms with van der Waals surface area (Å²) in [5, 5.41) is 19.8. The summed E-state index contributed by atoms with van der Waals surface area (Å²) in [6, 6.07) is 4.18. The number of hydrogen-bond acceptors (Lipinski definition) is 6. The Morgan fingerprint density at radius 3 is 2.60 bits per heavy atom. The molecule has 0 spiro atoms. The highest BCUT2D eigenvalue weighted by Gasteiger charge is 2.22. The lowest BCUT2D eigenvalue weighted by atomic mass is 10.1. The normalized spacial score (nSPS) is 11.6. The summed E-state index contributed by atoms with van der Waals surface area (Å²) in [5.74, 6) is -0.959. The maximum Gasteiger partial charge on any atom is 0.306 e. The predicted octanol–water partition coefficient (Wildman–Crippen LogP) is 3.63. The molecular weight excluding hydrogens is 330 g/mol. The first-order valence-corrected chi connectivity index (χ1v) is 8.17. The highest BCUT2D eigenvalue weighted by Crippen LogP contribution is 2.31. The molecule has 25 heavy (non-hydrogen) atoms. The van der Waals surface area contributed by atoms with Crippen LogP contribution in [0.25, 0.3) is 0 Å². The Morgan fingerprint density at radius 2 is 2.00 bits per heavy atom. The summed E-state index contributed by atoms with van der Waals surface area (Å²) in [6.45, 7) is 3.70. The zero-order chi connectivity index (χ0) is 18.8. The van der Waals surface area contributed by atoms with Crippen LogP contribution in [0, 0.1) is 10.1 Å². The van der Waals surface area contributed by atoms with E-state index in [1.54, 1.807) is 6.92 Å². The monoisotopic (exact) mass is 353 g/mol. The Kier molecular flexibility index (Phi) is 8.38. The third kappa shape index (κ3) is 7.19. The molecule has 8 nitrogen and oxygen atoms in total. The molecule has 0 aromatic heterocycles. The number of hydrogen-bond donors (Lipinski definition) is 1. The van der Waals surface area contributed by atoms with Crippen molar-refractivity contribution >= 4 is 17.6 Å². The molecule has 0 saturated carbocycles. The molecule has 0 heterocycles. The Bertz CT molecular complexity index is 615. The molecule has 0 bridgehead atoms. The molecule has 0 saturated heterocycles. The van der Waals surface area contributed by atoms with Gasteiger partial charge in [0.05, 0.1) is 17.1 Å². The maximum atomic E-state index is 11.7. The van der Waals surface area contributed by atoms with Gasteiger partial charge < -0.3 is 14.6 Å². The lowest BCUT2D eigenvalue weighted by molar-refractivity contribution is -0.386. The molecule has 0 fully saturated rings. The average Bonchev–Trinajstić information content (AvgIpc) is 2.56. The smallest absolute Gasteiger partial charge is 0.306 e. The first-order valence-electron chi connectivity index (χ1n) is 8.17. The number of esters is 1. The first-order chi connectivity index (χ1) is 11.8. The van der Waals surface area contributed by atoms with Gasteiger partial charge in [0.1, 0.15) is 11.9 Å². The van der Waals surface area contributed by atoms with E-state index in [2.05, 4.69) is 0 Å². The zero-order valence-electron chi connectivity index (χ0n) is 14.4. The van der Waals surface area contributed by atoms with Crippen molar-refractivity contribution in [1.29, 1.82) is 0 Å². The van der Waals surface area contributed by atoms with Crippen LogP contribution < -0.4 is 4.74 Å². The van der Waals surface area contributed by atoms with Gasteiger partial charge in [-0.05, 0) is 31.9 Å². The van der Waals surface area contributed by atoms with E-state index < -0.39 is 23.0 Å². The highest BCUT2D eigenvalue weighted by atomic mass is 16.6. The molecule has 1 atom stereocenters. The van der Waals surface area contributed by atoms with Crippen LogP contribution in [0.4, 0.5) is 5.69 Å². The molecule has 0 amide bonds. The molecule has 1 aromatic carbocycles. The van der Waals surface area contributed by atoms with Crippen molar-refractivity contribution in [3.63, 3.8) is 0 Å². The van der Waals surface area contributed by atoms with Crippen molar-refractivity contribution in [3.05, 3.63) is 33.9 Å². The van der Waals surface area contributed by atoms with E-state index in [4.69, 9.17) is 14.6 Å². The molecule has 0 aliphatic rings. The zero-order valence-corrected chi connectivity index (χ0v) is 14.4. The quantitative estimate of drug-likeness (QED) is 0.279. The second-order valence-corrected chi connectivity index (χ2v) is 5.56. The van der Waals surface area contributed by atoms with Gasteiger partial charge in [0.25, 0.3) is 5.69 Å². The van der Waals surface area contributed by atoms with Crippen LogP contribution in [0.15, 0.2) is 18.2 Å². The van der Waals surface area contributed by atoms with Gasteiger partial charge in [-0.2, -0.15) is 0 Å². The largest absolute Gasteiger partial charge is 0.494 e. The van der Waals surface area contributed by atoms with E-state index in [9.17, 15) is 19.7 Å².